The third-order valence-electron chi connectivity index (χ3n) is 6.49. The first-order valence-corrected chi connectivity index (χ1v) is 11.2. The number of nitrogens with one attached hydrogen (secondary N) is 2. The number of carbonyl (C=O) groups excluding carboxylic acids is 1. The van der Waals surface area contributed by atoms with Crippen molar-refractivity contribution in [2.45, 2.75) is 18.5 Å². The highest BCUT2D eigenvalue weighted by molar-refractivity contribution is 5.94. The van der Waals surface area contributed by atoms with Crippen molar-refractivity contribution < 1.29 is 14.3 Å². The maximum atomic E-state index is 12.7. The average molecular weight is 435 g/mol. The summed E-state index contributed by atoms with van der Waals surface area (Å²) in [5.41, 5.74) is 2.95. The summed E-state index contributed by atoms with van der Waals surface area (Å²) < 4.78 is 11.1. The van der Waals surface area contributed by atoms with Gasteiger partial charge in [0.25, 0.3) is 0 Å². The maximum Gasteiger partial charge on any atom is 0.239 e. The van der Waals surface area contributed by atoms with Gasteiger partial charge in [0, 0.05) is 42.4 Å². The standard InChI is InChI=1S/C23H26N6O3/c30-21(26-15-5-8-31-13-15)12-28-11-16-14-32-9-7-29(16)23-20(28)10-25-22(27-23)18-2-1-3-19-17(18)4-6-24-19/h1-4,6,10,15-16,24H,5,7-9,11-14H2,(H,26,30). The number of rotatable bonds is 4. The van der Waals surface area contributed by atoms with E-state index >= 15 is 0 Å². The van der Waals surface area contributed by atoms with E-state index in [-0.39, 0.29) is 24.5 Å². The minimum Gasteiger partial charge on any atom is -0.379 e. The number of carbonyl (C=O) groups is 1. The minimum atomic E-state index is -0.00204. The SMILES string of the molecule is O=C(CN1CC2COCCN2c2nc(-c3cccc4[nH]ccc34)ncc21)NC1CCOC1. The van der Waals surface area contributed by atoms with Gasteiger partial charge in [-0.05, 0) is 18.6 Å². The third kappa shape index (κ3) is 3.47. The predicted octanol–water partition coefficient (Wildman–Crippen LogP) is 1.56. The van der Waals surface area contributed by atoms with Crippen LogP contribution in [-0.4, -0.2) is 79.0 Å². The molecule has 0 aliphatic carbocycles. The van der Waals surface area contributed by atoms with Crippen molar-refractivity contribution >= 4 is 28.3 Å². The van der Waals surface area contributed by atoms with Gasteiger partial charge in [0.2, 0.25) is 5.91 Å². The Kier molecular flexibility index (Phi) is 4.92. The number of aromatic nitrogens is 3. The molecule has 9 nitrogen and oxygen atoms in total. The van der Waals surface area contributed by atoms with E-state index in [9.17, 15) is 4.79 Å². The molecule has 32 heavy (non-hydrogen) atoms. The molecule has 2 atom stereocenters. The number of ether oxygens (including phenoxy) is 2. The van der Waals surface area contributed by atoms with Crippen molar-refractivity contribution in [2.75, 3.05) is 55.9 Å². The fraction of sp³-hybridized carbons (Fsp3) is 0.435. The molecule has 2 fully saturated rings. The van der Waals surface area contributed by atoms with Crippen LogP contribution in [0.1, 0.15) is 6.42 Å². The minimum absolute atomic E-state index is 0.00204. The second-order valence-corrected chi connectivity index (χ2v) is 8.58. The first kappa shape index (κ1) is 19.5. The van der Waals surface area contributed by atoms with Crippen LogP contribution in [0.4, 0.5) is 11.5 Å². The molecule has 2 aromatic heterocycles. The van der Waals surface area contributed by atoms with E-state index in [2.05, 4.69) is 20.1 Å². The molecule has 0 radical (unpaired) electrons. The van der Waals surface area contributed by atoms with Crippen LogP contribution >= 0.6 is 0 Å². The van der Waals surface area contributed by atoms with Crippen LogP contribution in [0.3, 0.4) is 0 Å². The number of benzene rings is 1. The summed E-state index contributed by atoms with van der Waals surface area (Å²) in [5, 5.41) is 4.18. The molecular formula is C23H26N6O3. The van der Waals surface area contributed by atoms with E-state index in [1.165, 1.54) is 0 Å². The van der Waals surface area contributed by atoms with Gasteiger partial charge in [-0.25, -0.2) is 9.97 Å². The number of aromatic amines is 1. The number of nitrogens with zero attached hydrogens (tertiary/aromatic N) is 4. The predicted molar refractivity (Wildman–Crippen MR) is 121 cm³/mol. The molecule has 1 aromatic carbocycles. The molecule has 2 N–H and O–H groups in total. The number of anilines is 2. The van der Waals surface area contributed by atoms with Crippen LogP contribution in [-0.2, 0) is 14.3 Å². The molecule has 5 heterocycles. The molecule has 3 aromatic rings. The van der Waals surface area contributed by atoms with Gasteiger partial charge in [-0.1, -0.05) is 12.1 Å². The Morgan fingerprint density at radius 3 is 3.06 bits per heavy atom. The maximum absolute atomic E-state index is 12.7. The lowest BCUT2D eigenvalue weighted by atomic mass is 10.1. The number of hydrogen-bond acceptors (Lipinski definition) is 7. The number of amides is 1. The quantitative estimate of drug-likeness (QED) is 0.643. The van der Waals surface area contributed by atoms with Crippen molar-refractivity contribution in [3.63, 3.8) is 0 Å². The smallest absolute Gasteiger partial charge is 0.239 e. The molecule has 0 spiro atoms. The summed E-state index contributed by atoms with van der Waals surface area (Å²) in [5.74, 6) is 1.56. The molecule has 3 aliphatic heterocycles. The van der Waals surface area contributed by atoms with Gasteiger partial charge in [0.1, 0.15) is 0 Å². The third-order valence-corrected chi connectivity index (χ3v) is 6.49. The van der Waals surface area contributed by atoms with E-state index in [1.54, 1.807) is 0 Å². The molecule has 0 saturated carbocycles. The van der Waals surface area contributed by atoms with Crippen LogP contribution < -0.4 is 15.1 Å². The number of morpholine rings is 1. The van der Waals surface area contributed by atoms with Gasteiger partial charge in [-0.15, -0.1) is 0 Å². The second-order valence-electron chi connectivity index (χ2n) is 8.58. The molecule has 9 heteroatoms. The number of H-pyrrole nitrogens is 1. The zero-order valence-electron chi connectivity index (χ0n) is 17.8. The van der Waals surface area contributed by atoms with Crippen molar-refractivity contribution in [3.05, 3.63) is 36.7 Å². The first-order chi connectivity index (χ1) is 15.8. The fourth-order valence-corrected chi connectivity index (χ4v) is 4.89. The Balaban J connectivity index is 1.34. The van der Waals surface area contributed by atoms with Crippen molar-refractivity contribution in [2.24, 2.45) is 0 Å². The Labute approximate surface area is 185 Å². The van der Waals surface area contributed by atoms with Gasteiger partial charge in [-0.2, -0.15) is 0 Å². The van der Waals surface area contributed by atoms with Gasteiger partial charge in [-0.3, -0.25) is 4.79 Å². The van der Waals surface area contributed by atoms with Gasteiger partial charge < -0.3 is 29.6 Å². The van der Waals surface area contributed by atoms with Crippen LogP contribution in [0.2, 0.25) is 0 Å². The number of fused-ring (bicyclic) bond motifs is 4. The molecule has 2 saturated heterocycles. The summed E-state index contributed by atoms with van der Waals surface area (Å²) in [6.45, 7) is 4.34. The highest BCUT2D eigenvalue weighted by atomic mass is 16.5. The van der Waals surface area contributed by atoms with E-state index in [1.807, 2.05) is 36.7 Å². The zero-order chi connectivity index (χ0) is 21.5. The molecule has 1 amide bonds. The van der Waals surface area contributed by atoms with Crippen LogP contribution in [0.5, 0.6) is 0 Å². The zero-order valence-corrected chi connectivity index (χ0v) is 17.8. The monoisotopic (exact) mass is 434 g/mol. The van der Waals surface area contributed by atoms with Crippen LogP contribution in [0.15, 0.2) is 36.7 Å². The van der Waals surface area contributed by atoms with Crippen LogP contribution in [0, 0.1) is 0 Å². The number of hydrogen-bond donors (Lipinski definition) is 2. The lowest BCUT2D eigenvalue weighted by Gasteiger charge is -2.45. The van der Waals surface area contributed by atoms with E-state index in [0.29, 0.717) is 38.8 Å². The highest BCUT2D eigenvalue weighted by Crippen LogP contribution is 2.36. The van der Waals surface area contributed by atoms with Crippen molar-refractivity contribution in [1.29, 1.82) is 0 Å². The Hall–Kier alpha value is -3.17. The molecule has 3 aliphatic rings. The van der Waals surface area contributed by atoms with Crippen molar-refractivity contribution in [1.82, 2.24) is 20.3 Å². The van der Waals surface area contributed by atoms with Crippen LogP contribution in [0.25, 0.3) is 22.3 Å². The lowest BCUT2D eigenvalue weighted by molar-refractivity contribution is -0.120. The average Bonchev–Trinajstić information content (AvgIpc) is 3.50. The van der Waals surface area contributed by atoms with Gasteiger partial charge in [0.15, 0.2) is 11.6 Å². The Bertz CT molecular complexity index is 1140. The molecule has 166 valence electrons. The molecule has 0 bridgehead atoms. The van der Waals surface area contributed by atoms with Crippen molar-refractivity contribution in [3.8, 4) is 11.4 Å². The fourth-order valence-electron chi connectivity index (χ4n) is 4.89. The molecule has 6 rings (SSSR count). The van der Waals surface area contributed by atoms with Gasteiger partial charge in [0.05, 0.1) is 50.3 Å². The van der Waals surface area contributed by atoms with E-state index in [0.717, 1.165) is 40.9 Å². The molecule has 2 unspecified atom stereocenters. The summed E-state index contributed by atoms with van der Waals surface area (Å²) in [6, 6.07) is 8.41. The van der Waals surface area contributed by atoms with E-state index in [4.69, 9.17) is 19.4 Å². The summed E-state index contributed by atoms with van der Waals surface area (Å²) >= 11 is 0. The highest BCUT2D eigenvalue weighted by Gasteiger charge is 2.35. The normalized spacial score (nSPS) is 22.6. The first-order valence-electron chi connectivity index (χ1n) is 11.2. The summed E-state index contributed by atoms with van der Waals surface area (Å²) in [7, 11) is 0. The molecular weight excluding hydrogens is 408 g/mol. The second kappa shape index (κ2) is 8.07. The van der Waals surface area contributed by atoms with Gasteiger partial charge >= 0.3 is 0 Å². The van der Waals surface area contributed by atoms with E-state index < -0.39 is 0 Å². The summed E-state index contributed by atoms with van der Waals surface area (Å²) in [6.07, 6.45) is 4.66. The Morgan fingerprint density at radius 2 is 2.16 bits per heavy atom. The largest absolute Gasteiger partial charge is 0.379 e. The topological polar surface area (TPSA) is 95.6 Å². The summed E-state index contributed by atoms with van der Waals surface area (Å²) in [4.78, 5) is 30.1. The Morgan fingerprint density at radius 1 is 1.22 bits per heavy atom. The lowest BCUT2D eigenvalue weighted by Crippen LogP contribution is -2.57.